The molecule has 2 rings (SSSR count). The highest BCUT2D eigenvalue weighted by Gasteiger charge is 2.21. The Morgan fingerprint density at radius 3 is 2.50 bits per heavy atom. The van der Waals surface area contributed by atoms with E-state index in [1.165, 1.54) is 6.07 Å². The summed E-state index contributed by atoms with van der Waals surface area (Å²) in [6, 6.07) is 4.76. The Kier molecular flexibility index (Phi) is 3.65. The average molecular weight is 279 g/mol. The highest BCUT2D eigenvalue weighted by Crippen LogP contribution is 2.20. The molecule has 20 heavy (non-hydrogen) atoms. The predicted molar refractivity (Wildman–Crippen MR) is 65.2 cm³/mol. The Labute approximate surface area is 111 Å². The summed E-state index contributed by atoms with van der Waals surface area (Å²) in [7, 11) is 0. The molecule has 1 amide bonds. The summed E-state index contributed by atoms with van der Waals surface area (Å²) < 4.78 is 25.8. The van der Waals surface area contributed by atoms with Crippen molar-refractivity contribution >= 4 is 17.4 Å². The number of halogens is 2. The van der Waals surface area contributed by atoms with E-state index >= 15 is 0 Å². The summed E-state index contributed by atoms with van der Waals surface area (Å²) in [6.07, 6.45) is 0.871. The third kappa shape index (κ3) is 2.91. The van der Waals surface area contributed by atoms with Crippen LogP contribution in [0.25, 0.3) is 0 Å². The molecule has 0 aliphatic rings. The van der Waals surface area contributed by atoms with Gasteiger partial charge in [0.1, 0.15) is 23.0 Å². The first-order chi connectivity index (χ1) is 9.47. The van der Waals surface area contributed by atoms with E-state index in [0.717, 1.165) is 30.5 Å². The van der Waals surface area contributed by atoms with E-state index in [2.05, 4.69) is 10.3 Å². The van der Waals surface area contributed by atoms with Crippen molar-refractivity contribution in [3.8, 4) is 0 Å². The van der Waals surface area contributed by atoms with Crippen LogP contribution >= 0.6 is 0 Å². The zero-order chi connectivity index (χ0) is 14.7. The molecule has 0 saturated heterocycles. The second kappa shape index (κ2) is 5.39. The van der Waals surface area contributed by atoms with Gasteiger partial charge in [-0.3, -0.25) is 14.9 Å². The molecule has 0 unspecified atom stereocenters. The molecule has 0 bridgehead atoms. The van der Waals surface area contributed by atoms with Gasteiger partial charge in [0.15, 0.2) is 0 Å². The van der Waals surface area contributed by atoms with Crippen LogP contribution in [0.3, 0.4) is 0 Å². The number of nitrogens with one attached hydrogen (secondary N) is 1. The molecule has 1 N–H and O–H groups in total. The van der Waals surface area contributed by atoms with Crippen molar-refractivity contribution in [2.45, 2.75) is 0 Å². The van der Waals surface area contributed by atoms with Gasteiger partial charge in [-0.05, 0) is 24.3 Å². The number of carbonyl (C=O) groups is 1. The first kappa shape index (κ1) is 13.5. The molecular formula is C12H7F2N3O3. The number of pyridine rings is 1. The van der Waals surface area contributed by atoms with E-state index in [9.17, 15) is 23.7 Å². The van der Waals surface area contributed by atoms with Crippen molar-refractivity contribution in [2.24, 2.45) is 0 Å². The van der Waals surface area contributed by atoms with Crippen molar-refractivity contribution in [1.82, 2.24) is 4.98 Å². The minimum Gasteiger partial charge on any atom is -0.306 e. The molecule has 102 valence electrons. The number of rotatable bonds is 3. The molecule has 6 nitrogen and oxygen atoms in total. The van der Waals surface area contributed by atoms with Crippen LogP contribution in [-0.4, -0.2) is 15.8 Å². The van der Waals surface area contributed by atoms with Crippen LogP contribution in [-0.2, 0) is 0 Å². The summed E-state index contributed by atoms with van der Waals surface area (Å²) in [4.78, 5) is 25.4. The summed E-state index contributed by atoms with van der Waals surface area (Å²) in [5, 5.41) is 13.0. The van der Waals surface area contributed by atoms with E-state index in [1.807, 2.05) is 0 Å². The third-order valence-electron chi connectivity index (χ3n) is 2.37. The molecule has 0 fully saturated rings. The Bertz CT molecular complexity index is 674. The van der Waals surface area contributed by atoms with Gasteiger partial charge in [0.25, 0.3) is 11.6 Å². The van der Waals surface area contributed by atoms with Gasteiger partial charge in [-0.1, -0.05) is 0 Å². The van der Waals surface area contributed by atoms with Gasteiger partial charge in [0.05, 0.1) is 11.1 Å². The quantitative estimate of drug-likeness (QED) is 0.691. The van der Waals surface area contributed by atoms with Gasteiger partial charge >= 0.3 is 0 Å². The Hall–Kier alpha value is -2.90. The maximum absolute atomic E-state index is 13.1. The largest absolute Gasteiger partial charge is 0.306 e. The molecule has 0 saturated carbocycles. The van der Waals surface area contributed by atoms with Crippen LogP contribution in [0.15, 0.2) is 36.5 Å². The standard InChI is InChI=1S/C12H7F2N3O3/c13-7-1-3-10(17(19)20)9(5-7)12(18)16-11-4-2-8(14)6-15-11/h1-6H,(H,15,16,18). The third-order valence-corrected chi connectivity index (χ3v) is 2.37. The van der Waals surface area contributed by atoms with Crippen molar-refractivity contribution in [2.75, 3.05) is 5.32 Å². The number of nitro groups is 1. The monoisotopic (exact) mass is 279 g/mol. The van der Waals surface area contributed by atoms with Gasteiger partial charge in [-0.15, -0.1) is 0 Å². The van der Waals surface area contributed by atoms with Crippen LogP contribution in [0, 0.1) is 21.7 Å². The number of nitrogens with zero attached hydrogens (tertiary/aromatic N) is 2. The van der Waals surface area contributed by atoms with Crippen molar-refractivity contribution in [3.63, 3.8) is 0 Å². The first-order valence-electron chi connectivity index (χ1n) is 5.34. The lowest BCUT2D eigenvalue weighted by Gasteiger charge is -2.05. The summed E-state index contributed by atoms with van der Waals surface area (Å²) in [6.45, 7) is 0. The fourth-order valence-corrected chi connectivity index (χ4v) is 1.48. The van der Waals surface area contributed by atoms with Gasteiger partial charge in [-0.25, -0.2) is 13.8 Å². The molecule has 0 aliphatic heterocycles. The van der Waals surface area contributed by atoms with Crippen LogP contribution in [0.4, 0.5) is 20.3 Å². The number of nitro benzene ring substituents is 1. The maximum Gasteiger partial charge on any atom is 0.282 e. The zero-order valence-electron chi connectivity index (χ0n) is 9.84. The lowest BCUT2D eigenvalue weighted by molar-refractivity contribution is -0.385. The van der Waals surface area contributed by atoms with Gasteiger partial charge in [-0.2, -0.15) is 0 Å². The second-order valence-corrected chi connectivity index (χ2v) is 3.73. The topological polar surface area (TPSA) is 85.1 Å². The smallest absolute Gasteiger partial charge is 0.282 e. The zero-order valence-corrected chi connectivity index (χ0v) is 9.84. The molecule has 0 atom stereocenters. The average Bonchev–Trinajstić information content (AvgIpc) is 2.41. The van der Waals surface area contributed by atoms with E-state index in [1.54, 1.807) is 0 Å². The predicted octanol–water partition coefficient (Wildman–Crippen LogP) is 2.52. The summed E-state index contributed by atoms with van der Waals surface area (Å²) in [5.74, 6) is -2.29. The van der Waals surface area contributed by atoms with Gasteiger partial charge in [0.2, 0.25) is 0 Å². The van der Waals surface area contributed by atoms with E-state index in [-0.39, 0.29) is 5.82 Å². The maximum atomic E-state index is 13.1. The highest BCUT2D eigenvalue weighted by molar-refractivity contribution is 6.06. The normalized spacial score (nSPS) is 10.1. The first-order valence-corrected chi connectivity index (χ1v) is 5.34. The molecule has 8 heteroatoms. The molecule has 1 aromatic heterocycles. The lowest BCUT2D eigenvalue weighted by Crippen LogP contribution is -2.15. The molecule has 0 radical (unpaired) electrons. The molecule has 1 heterocycles. The minimum atomic E-state index is -0.907. The number of carbonyl (C=O) groups excluding carboxylic acids is 1. The van der Waals surface area contributed by atoms with E-state index in [4.69, 9.17) is 0 Å². The van der Waals surface area contributed by atoms with Crippen molar-refractivity contribution < 1.29 is 18.5 Å². The molecule has 0 spiro atoms. The van der Waals surface area contributed by atoms with Crippen molar-refractivity contribution in [1.29, 1.82) is 0 Å². The van der Waals surface area contributed by atoms with Crippen LogP contribution in [0.5, 0.6) is 0 Å². The Morgan fingerprint density at radius 1 is 1.20 bits per heavy atom. The summed E-state index contributed by atoms with van der Waals surface area (Å²) >= 11 is 0. The minimum absolute atomic E-state index is 0.00467. The molecule has 0 aliphatic carbocycles. The number of hydrogen-bond acceptors (Lipinski definition) is 4. The Morgan fingerprint density at radius 2 is 1.90 bits per heavy atom. The van der Waals surface area contributed by atoms with Crippen LogP contribution in [0.2, 0.25) is 0 Å². The number of anilines is 1. The van der Waals surface area contributed by atoms with Crippen LogP contribution < -0.4 is 5.32 Å². The van der Waals surface area contributed by atoms with E-state index < -0.39 is 33.7 Å². The second-order valence-electron chi connectivity index (χ2n) is 3.73. The fourth-order valence-electron chi connectivity index (χ4n) is 1.48. The molecule has 2 aromatic rings. The SMILES string of the molecule is O=C(Nc1ccc(F)cn1)c1cc(F)ccc1[N+](=O)[O-]. The number of amides is 1. The van der Waals surface area contributed by atoms with Gasteiger partial charge < -0.3 is 5.32 Å². The lowest BCUT2D eigenvalue weighted by atomic mass is 10.1. The molecule has 1 aromatic carbocycles. The van der Waals surface area contributed by atoms with Crippen molar-refractivity contribution in [3.05, 3.63) is 63.8 Å². The highest BCUT2D eigenvalue weighted by atomic mass is 19.1. The molecular weight excluding hydrogens is 272 g/mol. The number of aromatic nitrogens is 1. The fraction of sp³-hybridized carbons (Fsp3) is 0. The summed E-state index contributed by atoms with van der Waals surface area (Å²) in [5.41, 5.74) is -0.980. The van der Waals surface area contributed by atoms with E-state index in [0.29, 0.717) is 0 Å². The number of hydrogen-bond donors (Lipinski definition) is 1. The number of benzene rings is 1. The van der Waals surface area contributed by atoms with Crippen LogP contribution in [0.1, 0.15) is 10.4 Å². The van der Waals surface area contributed by atoms with Gasteiger partial charge in [0, 0.05) is 6.07 Å². The Balaban J connectivity index is 2.31.